The zero-order chi connectivity index (χ0) is 31.0. The number of fused-ring (bicyclic) bond motifs is 2. The third-order valence-corrected chi connectivity index (χ3v) is 12.2. The fourth-order valence-electron chi connectivity index (χ4n) is 7.52. The van der Waals surface area contributed by atoms with Gasteiger partial charge in [0.05, 0.1) is 18.0 Å². The summed E-state index contributed by atoms with van der Waals surface area (Å²) < 4.78 is 37.4. The van der Waals surface area contributed by atoms with Crippen molar-refractivity contribution in [3.8, 4) is 5.75 Å². The highest BCUT2D eigenvalue weighted by Crippen LogP contribution is 2.36. The maximum atomic E-state index is 14.2. The number of carbonyl (C=O) groups excluding carboxylic acids is 1. The Bertz CT molecular complexity index is 1580. The van der Waals surface area contributed by atoms with Crippen LogP contribution in [0.1, 0.15) is 57.7 Å². The minimum atomic E-state index is -3.86. The van der Waals surface area contributed by atoms with Gasteiger partial charge < -0.3 is 14.2 Å². The highest BCUT2D eigenvalue weighted by Gasteiger charge is 2.40. The molecule has 3 aromatic rings. The van der Waals surface area contributed by atoms with Crippen LogP contribution in [0.15, 0.2) is 59.6 Å². The summed E-state index contributed by atoms with van der Waals surface area (Å²) in [6.45, 7) is 9.78. The Morgan fingerprint density at radius 1 is 0.977 bits per heavy atom. The summed E-state index contributed by atoms with van der Waals surface area (Å²) in [4.78, 5) is 21.3. The standard InChI is InChI=1S/C34H47N5O4S/c1-25(2)36-15-17-37(18-16-36)29-8-5-7-28(23-29)35(3)34(40)24-33-32-9-6-14-38(32)19-20-39(33)44(41,42)31-13-11-26-21-30(43-4)12-10-27(26)22-31/h6,9-14,21-22,25,28-29,33H,5,7-8,15-20,23-24H2,1-4H3/t28-,29+,33?/m1/s1. The Hall–Kier alpha value is -2.92. The zero-order valence-corrected chi connectivity index (χ0v) is 27.4. The molecule has 44 heavy (non-hydrogen) atoms. The van der Waals surface area contributed by atoms with E-state index in [1.54, 1.807) is 23.5 Å². The number of hydrogen-bond donors (Lipinski definition) is 0. The average molecular weight is 622 g/mol. The quantitative estimate of drug-likeness (QED) is 0.367. The topological polar surface area (TPSA) is 78.3 Å². The third-order valence-electron chi connectivity index (χ3n) is 10.3. The minimum absolute atomic E-state index is 0.00531. The largest absolute Gasteiger partial charge is 0.497 e. The summed E-state index contributed by atoms with van der Waals surface area (Å²) >= 11 is 0. The molecular formula is C34H47N5O4S. The van der Waals surface area contributed by atoms with Gasteiger partial charge in [-0.3, -0.25) is 14.6 Å². The van der Waals surface area contributed by atoms with Crippen LogP contribution in [0.2, 0.25) is 0 Å². The Morgan fingerprint density at radius 3 is 2.48 bits per heavy atom. The number of rotatable bonds is 8. The van der Waals surface area contributed by atoms with Gasteiger partial charge in [-0.1, -0.05) is 12.1 Å². The van der Waals surface area contributed by atoms with Gasteiger partial charge >= 0.3 is 0 Å². The molecule has 1 saturated carbocycles. The Labute approximate surface area is 262 Å². The molecule has 1 saturated heterocycles. The van der Waals surface area contributed by atoms with E-state index in [1.807, 2.05) is 54.5 Å². The number of sulfonamides is 1. The van der Waals surface area contributed by atoms with Crippen LogP contribution in [0.4, 0.5) is 0 Å². The molecule has 3 heterocycles. The van der Waals surface area contributed by atoms with E-state index in [2.05, 4.69) is 28.2 Å². The van der Waals surface area contributed by atoms with Gasteiger partial charge in [0.1, 0.15) is 5.75 Å². The maximum Gasteiger partial charge on any atom is 0.243 e. The van der Waals surface area contributed by atoms with Gasteiger partial charge in [-0.15, -0.1) is 0 Å². The first-order valence-electron chi connectivity index (χ1n) is 16.1. The molecule has 3 aliphatic rings. The molecule has 238 valence electrons. The lowest BCUT2D eigenvalue weighted by molar-refractivity contribution is -0.134. The second-order valence-corrected chi connectivity index (χ2v) is 14.9. The van der Waals surface area contributed by atoms with E-state index in [0.29, 0.717) is 25.2 Å². The predicted octanol–water partition coefficient (Wildman–Crippen LogP) is 4.58. The van der Waals surface area contributed by atoms with Crippen molar-refractivity contribution in [2.75, 3.05) is 46.9 Å². The van der Waals surface area contributed by atoms with Crippen molar-refractivity contribution in [2.45, 2.75) is 81.6 Å². The van der Waals surface area contributed by atoms with Crippen molar-refractivity contribution >= 4 is 26.7 Å². The van der Waals surface area contributed by atoms with Crippen molar-refractivity contribution in [1.82, 2.24) is 23.6 Å². The van der Waals surface area contributed by atoms with Crippen LogP contribution >= 0.6 is 0 Å². The normalized spacial score (nSPS) is 24.0. The fourth-order valence-corrected chi connectivity index (χ4v) is 9.14. The van der Waals surface area contributed by atoms with E-state index >= 15 is 0 Å². The van der Waals surface area contributed by atoms with Gasteiger partial charge in [0, 0.05) is 82.8 Å². The molecule has 6 rings (SSSR count). The second kappa shape index (κ2) is 12.8. The molecule has 0 radical (unpaired) electrons. The van der Waals surface area contributed by atoms with Crippen LogP contribution in [-0.2, 0) is 21.4 Å². The Balaban J connectivity index is 1.19. The van der Waals surface area contributed by atoms with Crippen molar-refractivity contribution in [1.29, 1.82) is 0 Å². The molecule has 2 aliphatic heterocycles. The summed E-state index contributed by atoms with van der Waals surface area (Å²) in [6.07, 6.45) is 6.37. The van der Waals surface area contributed by atoms with Crippen LogP contribution in [0.5, 0.6) is 5.75 Å². The molecule has 1 unspecified atom stereocenters. The molecule has 0 spiro atoms. The van der Waals surface area contributed by atoms with E-state index in [4.69, 9.17) is 4.74 Å². The highest BCUT2D eigenvalue weighted by atomic mass is 32.2. The fraction of sp³-hybridized carbons (Fsp3) is 0.559. The lowest BCUT2D eigenvalue weighted by atomic mass is 9.88. The summed E-state index contributed by atoms with van der Waals surface area (Å²) in [7, 11) is -0.323. The predicted molar refractivity (Wildman–Crippen MR) is 173 cm³/mol. The molecule has 2 aromatic carbocycles. The van der Waals surface area contributed by atoms with E-state index < -0.39 is 16.1 Å². The van der Waals surface area contributed by atoms with Gasteiger partial charge in [-0.2, -0.15) is 4.31 Å². The number of carbonyl (C=O) groups is 1. The molecule has 1 aliphatic carbocycles. The van der Waals surface area contributed by atoms with Crippen LogP contribution in [-0.4, -0.2) is 103 Å². The number of nitrogens with zero attached hydrogens (tertiary/aromatic N) is 5. The molecule has 2 fully saturated rings. The number of hydrogen-bond acceptors (Lipinski definition) is 6. The monoisotopic (exact) mass is 621 g/mol. The van der Waals surface area contributed by atoms with E-state index in [9.17, 15) is 13.2 Å². The molecule has 0 bridgehead atoms. The van der Waals surface area contributed by atoms with Gasteiger partial charge in [0.15, 0.2) is 0 Å². The number of ether oxygens (including phenoxy) is 1. The summed E-state index contributed by atoms with van der Waals surface area (Å²) in [5.41, 5.74) is 0.872. The van der Waals surface area contributed by atoms with Crippen LogP contribution in [0.3, 0.4) is 0 Å². The smallest absolute Gasteiger partial charge is 0.243 e. The van der Waals surface area contributed by atoms with Gasteiger partial charge in [0.2, 0.25) is 15.9 Å². The SMILES string of the molecule is COc1ccc2cc(S(=O)(=O)N3CCn4cccc4C3CC(=O)N(C)[C@@H]3CCC[C@H](N4CCN(C(C)C)CC4)C3)ccc2c1. The average Bonchev–Trinajstić information content (AvgIpc) is 3.53. The summed E-state index contributed by atoms with van der Waals surface area (Å²) in [5, 5.41) is 1.74. The maximum absolute atomic E-state index is 14.2. The Morgan fingerprint density at radius 2 is 1.73 bits per heavy atom. The number of amides is 1. The first kappa shape index (κ1) is 31.1. The lowest BCUT2D eigenvalue weighted by Gasteiger charge is -2.45. The number of aromatic nitrogens is 1. The molecule has 1 aromatic heterocycles. The molecule has 9 nitrogen and oxygen atoms in total. The Kier molecular flexibility index (Phi) is 9.06. The zero-order valence-electron chi connectivity index (χ0n) is 26.6. The number of methoxy groups -OCH3 is 1. The van der Waals surface area contributed by atoms with E-state index in [-0.39, 0.29) is 23.3 Å². The van der Waals surface area contributed by atoms with Crippen molar-refractivity contribution in [3.63, 3.8) is 0 Å². The molecule has 1 amide bonds. The summed E-state index contributed by atoms with van der Waals surface area (Å²) in [5.74, 6) is 0.733. The van der Waals surface area contributed by atoms with Gasteiger partial charge in [-0.05, 0) is 86.7 Å². The minimum Gasteiger partial charge on any atom is -0.497 e. The first-order valence-corrected chi connectivity index (χ1v) is 17.6. The molecular weight excluding hydrogens is 574 g/mol. The van der Waals surface area contributed by atoms with Crippen molar-refractivity contribution in [3.05, 3.63) is 60.4 Å². The first-order chi connectivity index (χ1) is 21.2. The number of benzene rings is 2. The van der Waals surface area contributed by atoms with Crippen molar-refractivity contribution < 1.29 is 17.9 Å². The molecule has 0 N–H and O–H groups in total. The van der Waals surface area contributed by atoms with Gasteiger partial charge in [-0.25, -0.2) is 8.42 Å². The molecule has 10 heteroatoms. The van der Waals surface area contributed by atoms with E-state index in [0.717, 1.165) is 67.7 Å². The summed E-state index contributed by atoms with van der Waals surface area (Å²) in [6, 6.07) is 15.4. The van der Waals surface area contributed by atoms with Crippen LogP contribution < -0.4 is 4.74 Å². The van der Waals surface area contributed by atoms with Gasteiger partial charge in [0.25, 0.3) is 0 Å². The lowest BCUT2D eigenvalue weighted by Crippen LogP contribution is -2.54. The molecule has 3 atom stereocenters. The van der Waals surface area contributed by atoms with Crippen molar-refractivity contribution in [2.24, 2.45) is 0 Å². The highest BCUT2D eigenvalue weighted by molar-refractivity contribution is 7.89. The van der Waals surface area contributed by atoms with E-state index in [1.165, 1.54) is 6.42 Å². The number of piperazine rings is 1. The van der Waals surface area contributed by atoms with Crippen LogP contribution in [0, 0.1) is 0 Å². The third kappa shape index (κ3) is 6.14. The second-order valence-electron chi connectivity index (χ2n) is 13.0. The van der Waals surface area contributed by atoms with Crippen LogP contribution in [0.25, 0.3) is 10.8 Å².